The lowest BCUT2D eigenvalue weighted by Gasteiger charge is -2.25. The number of hydrogen-bond acceptors (Lipinski definition) is 4. The molecular weight excluding hydrogens is 484 g/mol. The van der Waals surface area contributed by atoms with Gasteiger partial charge in [0, 0.05) is 31.1 Å². The largest absolute Gasteiger partial charge is 0.369 e. The van der Waals surface area contributed by atoms with Crippen LogP contribution >= 0.6 is 11.6 Å². The molecule has 7 heteroatoms. The number of aliphatic imine (C=N–C) groups is 1. The van der Waals surface area contributed by atoms with Crippen LogP contribution in [0.4, 0.5) is 0 Å². The number of hydrogen-bond donors (Lipinski definition) is 1. The van der Waals surface area contributed by atoms with Gasteiger partial charge in [-0.2, -0.15) is 0 Å². The van der Waals surface area contributed by atoms with Gasteiger partial charge in [0.1, 0.15) is 0 Å². The molecule has 0 aromatic heterocycles. The molecule has 2 amide bonds. The number of carbonyl (C=O) groups is 2. The van der Waals surface area contributed by atoms with Crippen molar-refractivity contribution in [1.82, 2.24) is 9.80 Å². The van der Waals surface area contributed by atoms with E-state index in [2.05, 4.69) is 4.99 Å². The molecule has 2 heterocycles. The van der Waals surface area contributed by atoms with Gasteiger partial charge >= 0.3 is 0 Å². The van der Waals surface area contributed by atoms with Crippen molar-refractivity contribution >= 4 is 29.4 Å². The van der Waals surface area contributed by atoms with Crippen LogP contribution in [0.3, 0.4) is 0 Å². The lowest BCUT2D eigenvalue weighted by Crippen LogP contribution is -2.44. The first-order chi connectivity index (χ1) is 17.8. The molecule has 0 aliphatic carbocycles. The highest BCUT2D eigenvalue weighted by Crippen LogP contribution is 2.36. The Morgan fingerprint density at radius 1 is 1.05 bits per heavy atom. The summed E-state index contributed by atoms with van der Waals surface area (Å²) in [5.74, 6) is 0.415. The van der Waals surface area contributed by atoms with Crippen molar-refractivity contribution in [3.8, 4) is 11.1 Å². The molecule has 6 nitrogen and oxygen atoms in total. The zero-order chi connectivity index (χ0) is 26.0. The van der Waals surface area contributed by atoms with Gasteiger partial charge in [0.05, 0.1) is 0 Å². The van der Waals surface area contributed by atoms with E-state index in [-0.39, 0.29) is 23.7 Å². The number of guanidine groups is 1. The minimum absolute atomic E-state index is 0.137. The van der Waals surface area contributed by atoms with Gasteiger partial charge in [0.25, 0.3) is 5.91 Å². The Bertz CT molecular complexity index is 1340. The van der Waals surface area contributed by atoms with Gasteiger partial charge in [-0.05, 0) is 66.1 Å². The third-order valence-corrected chi connectivity index (χ3v) is 7.64. The summed E-state index contributed by atoms with van der Waals surface area (Å²) >= 11 is 6.18. The molecule has 1 fully saturated rings. The van der Waals surface area contributed by atoms with E-state index in [4.69, 9.17) is 17.3 Å². The van der Waals surface area contributed by atoms with E-state index in [1.54, 1.807) is 4.90 Å². The minimum atomic E-state index is -1.09. The summed E-state index contributed by atoms with van der Waals surface area (Å²) in [6.45, 7) is 3.61. The van der Waals surface area contributed by atoms with Gasteiger partial charge in [0.2, 0.25) is 5.91 Å². The average Bonchev–Trinajstić information content (AvgIpc) is 3.47. The Hall–Kier alpha value is -3.64. The number of likely N-dealkylation sites (tertiary alicyclic amines) is 1. The van der Waals surface area contributed by atoms with Crippen LogP contribution in [-0.4, -0.2) is 47.2 Å². The highest BCUT2D eigenvalue weighted by molar-refractivity contribution is 6.30. The van der Waals surface area contributed by atoms with Crippen LogP contribution in [0.5, 0.6) is 0 Å². The summed E-state index contributed by atoms with van der Waals surface area (Å²) in [5, 5.41) is 0.656. The number of rotatable bonds is 7. The highest BCUT2D eigenvalue weighted by Gasteiger charge is 2.46. The maximum atomic E-state index is 13.6. The van der Waals surface area contributed by atoms with Gasteiger partial charge in [-0.15, -0.1) is 0 Å². The van der Waals surface area contributed by atoms with E-state index in [1.807, 2.05) is 90.7 Å². The molecule has 0 saturated carbocycles. The second-order valence-electron chi connectivity index (χ2n) is 10.0. The molecule has 37 heavy (non-hydrogen) atoms. The summed E-state index contributed by atoms with van der Waals surface area (Å²) in [6, 6.07) is 25.5. The number of benzene rings is 3. The van der Waals surface area contributed by atoms with Gasteiger partial charge in [-0.1, -0.05) is 72.3 Å². The Balaban J connectivity index is 1.24. The zero-order valence-corrected chi connectivity index (χ0v) is 21.7. The Kier molecular flexibility index (Phi) is 7.02. The van der Waals surface area contributed by atoms with Crippen molar-refractivity contribution in [2.75, 3.05) is 19.6 Å². The van der Waals surface area contributed by atoms with Crippen LogP contribution in [0.25, 0.3) is 11.1 Å². The molecule has 0 spiro atoms. The van der Waals surface area contributed by atoms with Crippen LogP contribution in [0.1, 0.15) is 30.9 Å². The van der Waals surface area contributed by atoms with Crippen molar-refractivity contribution in [2.24, 2.45) is 16.6 Å². The molecule has 0 bridgehead atoms. The molecule has 3 aromatic rings. The van der Waals surface area contributed by atoms with Gasteiger partial charge in [-0.3, -0.25) is 14.5 Å². The van der Waals surface area contributed by atoms with E-state index in [9.17, 15) is 9.59 Å². The van der Waals surface area contributed by atoms with Gasteiger partial charge in [-0.25, -0.2) is 4.99 Å². The Labute approximate surface area is 222 Å². The van der Waals surface area contributed by atoms with Gasteiger partial charge < -0.3 is 10.6 Å². The predicted molar refractivity (Wildman–Crippen MR) is 147 cm³/mol. The lowest BCUT2D eigenvalue weighted by atomic mass is 9.89. The second kappa shape index (κ2) is 10.4. The second-order valence-corrected chi connectivity index (χ2v) is 10.5. The maximum Gasteiger partial charge on any atom is 0.261 e. The fraction of sp³-hybridized carbons (Fsp3) is 0.300. The van der Waals surface area contributed by atoms with Crippen LogP contribution in [-0.2, 0) is 21.5 Å². The van der Waals surface area contributed by atoms with Crippen LogP contribution < -0.4 is 5.73 Å². The summed E-state index contributed by atoms with van der Waals surface area (Å²) in [7, 11) is 0. The van der Waals surface area contributed by atoms with Crippen molar-refractivity contribution < 1.29 is 9.59 Å². The summed E-state index contributed by atoms with van der Waals surface area (Å²) < 4.78 is 0. The standard InChI is InChI=1S/C30H31ClN4O2/c1-30(25-11-5-9-23(17-25)24-10-6-12-26(31)18-24)28(37)35(29(32)33-30)20-22-15-16-34(19-22)27(36)14-13-21-7-3-2-4-8-21/h2-12,17-18,22H,13-16,19-20H2,1H3,(H2,32,33)/t22-,30?/m0/s1. The van der Waals surface area contributed by atoms with E-state index >= 15 is 0 Å². The molecule has 1 saturated heterocycles. The van der Waals surface area contributed by atoms with Crippen molar-refractivity contribution in [2.45, 2.75) is 31.7 Å². The number of aryl methyl sites for hydroxylation is 1. The summed E-state index contributed by atoms with van der Waals surface area (Å²) in [5.41, 5.74) is 9.08. The minimum Gasteiger partial charge on any atom is -0.369 e. The first kappa shape index (κ1) is 25.0. The first-order valence-corrected chi connectivity index (χ1v) is 13.1. The normalized spacial score (nSPS) is 21.4. The monoisotopic (exact) mass is 514 g/mol. The van der Waals surface area contributed by atoms with Crippen LogP contribution in [0.2, 0.25) is 5.02 Å². The van der Waals surface area contributed by atoms with Gasteiger partial charge in [0.15, 0.2) is 11.5 Å². The van der Waals surface area contributed by atoms with Crippen molar-refractivity contribution in [1.29, 1.82) is 0 Å². The zero-order valence-electron chi connectivity index (χ0n) is 20.9. The smallest absolute Gasteiger partial charge is 0.261 e. The number of nitrogens with two attached hydrogens (primary N) is 1. The lowest BCUT2D eigenvalue weighted by molar-refractivity contribution is -0.131. The predicted octanol–water partition coefficient (Wildman–Crippen LogP) is 4.86. The Morgan fingerprint density at radius 2 is 1.78 bits per heavy atom. The average molecular weight is 515 g/mol. The Morgan fingerprint density at radius 3 is 2.54 bits per heavy atom. The molecular formula is C30H31ClN4O2. The van der Waals surface area contributed by atoms with Crippen molar-refractivity contribution in [3.05, 3.63) is 95.0 Å². The van der Waals surface area contributed by atoms with E-state index < -0.39 is 5.54 Å². The van der Waals surface area contributed by atoms with E-state index in [0.717, 1.165) is 35.1 Å². The number of halogens is 1. The summed E-state index contributed by atoms with van der Waals surface area (Å²) in [4.78, 5) is 34.5. The number of nitrogens with zero attached hydrogens (tertiary/aromatic N) is 3. The topological polar surface area (TPSA) is 79.0 Å². The van der Waals surface area contributed by atoms with E-state index in [1.165, 1.54) is 0 Å². The molecule has 0 radical (unpaired) electrons. The SMILES string of the molecule is CC1(c2cccc(-c3cccc(Cl)c3)c2)N=C(N)N(C[C@H]2CCN(C(=O)CCc3ccccc3)C2)C1=O. The third kappa shape index (κ3) is 5.25. The molecule has 2 aliphatic rings. The molecule has 2 aliphatic heterocycles. The van der Waals surface area contributed by atoms with Crippen molar-refractivity contribution in [3.63, 3.8) is 0 Å². The molecule has 1 unspecified atom stereocenters. The molecule has 190 valence electrons. The quantitative estimate of drug-likeness (QED) is 0.489. The number of amides is 2. The first-order valence-electron chi connectivity index (χ1n) is 12.7. The molecule has 2 N–H and O–H groups in total. The fourth-order valence-corrected chi connectivity index (χ4v) is 5.45. The summed E-state index contributed by atoms with van der Waals surface area (Å²) in [6.07, 6.45) is 2.07. The molecule has 2 atom stereocenters. The van der Waals surface area contributed by atoms with Crippen LogP contribution in [0.15, 0.2) is 83.9 Å². The maximum absolute atomic E-state index is 13.6. The highest BCUT2D eigenvalue weighted by atomic mass is 35.5. The van der Waals surface area contributed by atoms with Crippen LogP contribution in [0, 0.1) is 5.92 Å². The molecule has 3 aromatic carbocycles. The third-order valence-electron chi connectivity index (χ3n) is 7.41. The molecule has 5 rings (SSSR count). The number of carbonyl (C=O) groups excluding carboxylic acids is 2. The van der Waals surface area contributed by atoms with E-state index in [0.29, 0.717) is 31.1 Å². The fourth-order valence-electron chi connectivity index (χ4n) is 5.26.